The lowest BCUT2D eigenvalue weighted by atomic mass is 9.96. The second-order valence-electron chi connectivity index (χ2n) is 4.62. The first-order valence-electron chi connectivity index (χ1n) is 6.04. The predicted octanol–water partition coefficient (Wildman–Crippen LogP) is 3.69. The molecule has 3 N–H and O–H groups in total. The fourth-order valence-corrected chi connectivity index (χ4v) is 2.78. The van der Waals surface area contributed by atoms with E-state index in [4.69, 9.17) is 5.11 Å². The highest BCUT2D eigenvalue weighted by molar-refractivity contribution is 9.11. The Labute approximate surface area is 134 Å². The molecule has 7 heteroatoms. The number of carbonyl (C=O) groups is 2. The minimum atomic E-state index is -0.914. The molecule has 1 aromatic rings. The van der Waals surface area contributed by atoms with Gasteiger partial charge in [0.25, 0.3) is 0 Å². The number of hydrogen-bond donors (Lipinski definition) is 3. The van der Waals surface area contributed by atoms with Gasteiger partial charge in [-0.2, -0.15) is 0 Å². The third-order valence-electron chi connectivity index (χ3n) is 2.81. The van der Waals surface area contributed by atoms with Gasteiger partial charge in [0.2, 0.25) is 0 Å². The number of amides is 2. The molecule has 0 fully saturated rings. The Kier molecular flexibility index (Phi) is 6.48. The number of aliphatic carboxylic acids is 1. The molecule has 0 radical (unpaired) electrons. The fourth-order valence-electron chi connectivity index (χ4n) is 1.59. The van der Waals surface area contributed by atoms with Gasteiger partial charge in [0.05, 0.1) is 11.6 Å². The lowest BCUT2D eigenvalue weighted by molar-refractivity contribution is -0.142. The molecule has 20 heavy (non-hydrogen) atoms. The maximum absolute atomic E-state index is 11.8. The number of carboxylic acid groups (broad SMARTS) is 1. The number of urea groups is 1. The SMILES string of the molecule is CC(C)C(CNC(=O)Nc1c(Br)cccc1Br)C(=O)O. The summed E-state index contributed by atoms with van der Waals surface area (Å²) in [5.74, 6) is -1.58. The first kappa shape index (κ1) is 17.0. The normalized spacial score (nSPS) is 12.1. The maximum Gasteiger partial charge on any atom is 0.319 e. The summed E-state index contributed by atoms with van der Waals surface area (Å²) in [6.45, 7) is 3.70. The Morgan fingerprint density at radius 3 is 2.25 bits per heavy atom. The molecule has 1 unspecified atom stereocenters. The zero-order valence-electron chi connectivity index (χ0n) is 11.1. The summed E-state index contributed by atoms with van der Waals surface area (Å²) >= 11 is 6.67. The van der Waals surface area contributed by atoms with Crippen molar-refractivity contribution < 1.29 is 14.7 Å². The molecule has 0 saturated carbocycles. The molecule has 1 rings (SSSR count). The molecule has 5 nitrogen and oxygen atoms in total. The maximum atomic E-state index is 11.8. The summed E-state index contributed by atoms with van der Waals surface area (Å²) in [6, 6.07) is 4.99. The first-order valence-corrected chi connectivity index (χ1v) is 7.63. The molecule has 0 aliphatic rings. The summed E-state index contributed by atoms with van der Waals surface area (Å²) in [5.41, 5.74) is 0.599. The number of benzene rings is 1. The summed E-state index contributed by atoms with van der Waals surface area (Å²) in [4.78, 5) is 22.8. The molecule has 0 aliphatic carbocycles. The summed E-state index contributed by atoms with van der Waals surface area (Å²) in [7, 11) is 0. The summed E-state index contributed by atoms with van der Waals surface area (Å²) in [6.07, 6.45) is 0. The van der Waals surface area contributed by atoms with E-state index in [2.05, 4.69) is 42.5 Å². The lowest BCUT2D eigenvalue weighted by Gasteiger charge is -2.17. The Hall–Kier alpha value is -1.08. The van der Waals surface area contributed by atoms with Gasteiger partial charge in [-0.3, -0.25) is 4.79 Å². The van der Waals surface area contributed by atoms with E-state index in [0.29, 0.717) is 5.69 Å². The Bertz CT molecular complexity index is 486. The quantitative estimate of drug-likeness (QED) is 0.696. The van der Waals surface area contributed by atoms with Gasteiger partial charge >= 0.3 is 12.0 Å². The van der Waals surface area contributed by atoms with Gasteiger partial charge in [-0.15, -0.1) is 0 Å². The number of nitrogens with one attached hydrogen (secondary N) is 2. The summed E-state index contributed by atoms with van der Waals surface area (Å²) in [5, 5.41) is 14.3. The van der Waals surface area contributed by atoms with Crippen molar-refractivity contribution >= 4 is 49.5 Å². The third kappa shape index (κ3) is 4.79. The Morgan fingerprint density at radius 2 is 1.80 bits per heavy atom. The van der Waals surface area contributed by atoms with Crippen LogP contribution in [0.5, 0.6) is 0 Å². The number of carboxylic acids is 1. The van der Waals surface area contributed by atoms with Crippen LogP contribution in [-0.2, 0) is 4.79 Å². The van der Waals surface area contributed by atoms with E-state index in [1.807, 2.05) is 19.9 Å². The second kappa shape index (κ2) is 7.64. The highest BCUT2D eigenvalue weighted by atomic mass is 79.9. The Balaban J connectivity index is 2.62. The molecular weight excluding hydrogens is 392 g/mol. The van der Waals surface area contributed by atoms with E-state index < -0.39 is 17.9 Å². The highest BCUT2D eigenvalue weighted by Crippen LogP contribution is 2.30. The molecule has 0 heterocycles. The predicted molar refractivity (Wildman–Crippen MR) is 84.8 cm³/mol. The number of halogens is 2. The molecule has 1 atom stereocenters. The van der Waals surface area contributed by atoms with Crippen LogP contribution in [0.2, 0.25) is 0 Å². The van der Waals surface area contributed by atoms with Crippen LogP contribution in [0.3, 0.4) is 0 Å². The van der Waals surface area contributed by atoms with E-state index in [9.17, 15) is 9.59 Å². The van der Waals surface area contributed by atoms with Crippen molar-refractivity contribution in [1.82, 2.24) is 5.32 Å². The van der Waals surface area contributed by atoms with E-state index in [1.54, 1.807) is 12.1 Å². The lowest BCUT2D eigenvalue weighted by Crippen LogP contribution is -2.37. The molecule has 0 aliphatic heterocycles. The minimum Gasteiger partial charge on any atom is -0.481 e. The van der Waals surface area contributed by atoms with Gasteiger partial charge in [-0.25, -0.2) is 4.79 Å². The van der Waals surface area contributed by atoms with Crippen molar-refractivity contribution in [1.29, 1.82) is 0 Å². The van der Waals surface area contributed by atoms with Crippen LogP contribution < -0.4 is 10.6 Å². The molecule has 0 spiro atoms. The van der Waals surface area contributed by atoms with E-state index in [0.717, 1.165) is 8.95 Å². The van der Waals surface area contributed by atoms with Gasteiger partial charge in [0, 0.05) is 15.5 Å². The molecule has 110 valence electrons. The van der Waals surface area contributed by atoms with E-state index >= 15 is 0 Å². The van der Waals surface area contributed by atoms with Crippen molar-refractivity contribution in [2.75, 3.05) is 11.9 Å². The molecular formula is C13H16Br2N2O3. The van der Waals surface area contributed by atoms with Gasteiger partial charge in [-0.1, -0.05) is 19.9 Å². The topological polar surface area (TPSA) is 78.4 Å². The Morgan fingerprint density at radius 1 is 1.25 bits per heavy atom. The van der Waals surface area contributed by atoms with E-state index in [1.165, 1.54) is 0 Å². The summed E-state index contributed by atoms with van der Waals surface area (Å²) < 4.78 is 1.47. The largest absolute Gasteiger partial charge is 0.481 e. The average molecular weight is 408 g/mol. The van der Waals surface area contributed by atoms with Crippen molar-refractivity contribution in [3.05, 3.63) is 27.1 Å². The van der Waals surface area contributed by atoms with Crippen molar-refractivity contribution in [2.45, 2.75) is 13.8 Å². The molecule has 0 aromatic heterocycles. The number of anilines is 1. The fraction of sp³-hybridized carbons (Fsp3) is 0.385. The van der Waals surface area contributed by atoms with Crippen LogP contribution in [0.15, 0.2) is 27.1 Å². The first-order chi connectivity index (χ1) is 9.32. The zero-order chi connectivity index (χ0) is 15.3. The standard InChI is InChI=1S/C13H16Br2N2O3/c1-7(2)8(12(18)19)6-16-13(20)17-11-9(14)4-3-5-10(11)15/h3-5,7-8H,6H2,1-2H3,(H,18,19)(H2,16,17,20). The van der Waals surface area contributed by atoms with E-state index in [-0.39, 0.29) is 12.5 Å². The average Bonchev–Trinajstić information content (AvgIpc) is 2.33. The molecule has 0 bridgehead atoms. The van der Waals surface area contributed by atoms with Crippen molar-refractivity contribution in [2.24, 2.45) is 11.8 Å². The van der Waals surface area contributed by atoms with Crippen molar-refractivity contribution in [3.8, 4) is 0 Å². The second-order valence-corrected chi connectivity index (χ2v) is 6.33. The molecule has 1 aromatic carbocycles. The smallest absolute Gasteiger partial charge is 0.319 e. The number of para-hydroxylation sites is 1. The number of hydrogen-bond acceptors (Lipinski definition) is 2. The monoisotopic (exact) mass is 406 g/mol. The number of rotatable bonds is 5. The number of carbonyl (C=O) groups excluding carboxylic acids is 1. The van der Waals surface area contributed by atoms with Crippen molar-refractivity contribution in [3.63, 3.8) is 0 Å². The zero-order valence-corrected chi connectivity index (χ0v) is 14.3. The van der Waals surface area contributed by atoms with Crippen LogP contribution in [0.4, 0.5) is 10.5 Å². The van der Waals surface area contributed by atoms with Gasteiger partial charge in [0.1, 0.15) is 0 Å². The van der Waals surface area contributed by atoms with Crippen LogP contribution in [0.25, 0.3) is 0 Å². The van der Waals surface area contributed by atoms with Gasteiger partial charge < -0.3 is 15.7 Å². The minimum absolute atomic E-state index is 0.0528. The highest BCUT2D eigenvalue weighted by Gasteiger charge is 2.22. The van der Waals surface area contributed by atoms with Gasteiger partial charge in [0.15, 0.2) is 0 Å². The molecule has 2 amide bonds. The van der Waals surface area contributed by atoms with Crippen LogP contribution in [-0.4, -0.2) is 23.7 Å². The van der Waals surface area contributed by atoms with Gasteiger partial charge in [-0.05, 0) is 49.9 Å². The van der Waals surface area contributed by atoms with Crippen LogP contribution >= 0.6 is 31.9 Å². The third-order valence-corrected chi connectivity index (χ3v) is 4.13. The van der Waals surface area contributed by atoms with Crippen LogP contribution in [0, 0.1) is 11.8 Å². The van der Waals surface area contributed by atoms with Crippen LogP contribution in [0.1, 0.15) is 13.8 Å². The molecule has 0 saturated heterocycles.